The summed E-state index contributed by atoms with van der Waals surface area (Å²) in [5, 5.41) is -0.0599. The summed E-state index contributed by atoms with van der Waals surface area (Å²) in [7, 11) is 1.35. The minimum absolute atomic E-state index is 0.0599. The Labute approximate surface area is 160 Å². The molecule has 1 saturated carbocycles. The minimum Gasteiger partial charge on any atom is -0.466 e. The third-order valence-corrected chi connectivity index (χ3v) is 7.79. The van der Waals surface area contributed by atoms with Crippen molar-refractivity contribution in [1.82, 2.24) is 0 Å². The first-order chi connectivity index (χ1) is 12.2. The van der Waals surface area contributed by atoms with E-state index in [-0.39, 0.29) is 28.8 Å². The second kappa shape index (κ2) is 6.70. The number of alkyl halides is 1. The van der Waals surface area contributed by atoms with Crippen LogP contribution in [0.1, 0.15) is 52.9 Å². The predicted octanol–water partition coefficient (Wildman–Crippen LogP) is 4.42. The van der Waals surface area contributed by atoms with Crippen molar-refractivity contribution >= 4 is 23.5 Å². The molecule has 5 heteroatoms. The summed E-state index contributed by atoms with van der Waals surface area (Å²) in [6.07, 6.45) is 5.98. The van der Waals surface area contributed by atoms with Gasteiger partial charge in [-0.3, -0.25) is 4.79 Å². The molecule has 0 aromatic rings. The molecule has 0 amide bonds. The van der Waals surface area contributed by atoms with Crippen LogP contribution >= 0.6 is 11.6 Å². The van der Waals surface area contributed by atoms with Crippen molar-refractivity contribution in [3.63, 3.8) is 0 Å². The van der Waals surface area contributed by atoms with Crippen LogP contribution in [-0.2, 0) is 19.1 Å². The second-order valence-electron chi connectivity index (χ2n) is 8.68. The fourth-order valence-electron chi connectivity index (χ4n) is 5.66. The highest BCUT2D eigenvalue weighted by molar-refractivity contribution is 6.21. The standard InChI is InChI=1S/C21H29ClO4/c1-12(2)7-6-10-20(3)14-9-8-13(18(23)25-5)17-19(24)26-16(11-15(20)22)21(14,17)4/h8,14-17H,1,6-7,9-11H2,2-5H3/t14-,15-,16-,17-,20-,21+/m0/s1. The van der Waals surface area contributed by atoms with Crippen molar-refractivity contribution in [2.24, 2.45) is 22.7 Å². The summed E-state index contributed by atoms with van der Waals surface area (Å²) in [6.45, 7) is 10.4. The Hall–Kier alpha value is -1.29. The summed E-state index contributed by atoms with van der Waals surface area (Å²) in [6, 6.07) is 0. The van der Waals surface area contributed by atoms with Crippen LogP contribution in [0.25, 0.3) is 0 Å². The van der Waals surface area contributed by atoms with E-state index >= 15 is 0 Å². The average molecular weight is 381 g/mol. The maximum Gasteiger partial charge on any atom is 0.334 e. The van der Waals surface area contributed by atoms with E-state index in [1.807, 2.05) is 13.0 Å². The van der Waals surface area contributed by atoms with Crippen molar-refractivity contribution in [3.8, 4) is 0 Å². The number of hydrogen-bond acceptors (Lipinski definition) is 4. The lowest BCUT2D eigenvalue weighted by Gasteiger charge is -2.57. The molecule has 6 atom stereocenters. The molecule has 0 aromatic carbocycles. The summed E-state index contributed by atoms with van der Waals surface area (Å²) in [5.74, 6) is -1.10. The lowest BCUT2D eigenvalue weighted by atomic mass is 9.47. The molecular weight excluding hydrogens is 352 g/mol. The number of ether oxygens (including phenoxy) is 2. The molecule has 0 N–H and O–H groups in total. The van der Waals surface area contributed by atoms with Crippen molar-refractivity contribution < 1.29 is 19.1 Å². The third kappa shape index (κ3) is 2.72. The van der Waals surface area contributed by atoms with Gasteiger partial charge in [-0.25, -0.2) is 4.79 Å². The summed E-state index contributed by atoms with van der Waals surface area (Å²) < 4.78 is 10.7. The van der Waals surface area contributed by atoms with Gasteiger partial charge in [0.05, 0.1) is 13.0 Å². The Morgan fingerprint density at radius 2 is 2.15 bits per heavy atom. The van der Waals surface area contributed by atoms with Crippen LogP contribution in [0.2, 0.25) is 0 Å². The van der Waals surface area contributed by atoms with Crippen LogP contribution in [0.3, 0.4) is 0 Å². The van der Waals surface area contributed by atoms with Gasteiger partial charge in [-0.15, -0.1) is 18.2 Å². The van der Waals surface area contributed by atoms with E-state index in [1.165, 1.54) is 12.7 Å². The normalized spacial score (nSPS) is 41.1. The Kier molecular flexibility index (Phi) is 5.02. The van der Waals surface area contributed by atoms with E-state index < -0.39 is 17.3 Å². The fraction of sp³-hybridized carbons (Fsp3) is 0.714. The fourth-order valence-corrected chi connectivity index (χ4v) is 6.08. The van der Waals surface area contributed by atoms with Crippen molar-refractivity contribution in [2.75, 3.05) is 7.11 Å². The van der Waals surface area contributed by atoms with Gasteiger partial charge < -0.3 is 9.47 Å². The molecule has 0 aromatic heterocycles. The number of rotatable bonds is 5. The number of carbonyl (C=O) groups excluding carboxylic acids is 2. The Balaban J connectivity index is 1.99. The van der Waals surface area contributed by atoms with E-state index in [9.17, 15) is 9.59 Å². The topological polar surface area (TPSA) is 52.6 Å². The van der Waals surface area contributed by atoms with E-state index in [4.69, 9.17) is 21.1 Å². The zero-order valence-corrected chi connectivity index (χ0v) is 16.9. The van der Waals surface area contributed by atoms with Crippen LogP contribution in [0.4, 0.5) is 0 Å². The molecule has 0 bridgehead atoms. The summed E-state index contributed by atoms with van der Waals surface area (Å²) >= 11 is 6.86. The lowest BCUT2D eigenvalue weighted by molar-refractivity contribution is -0.146. The SMILES string of the molecule is C=C(C)CCC[C@]1(C)[C@@H](Cl)C[C@@H]2OC(=O)[C@@H]3C(C(=O)OC)=CC[C@@H]1[C@@]32C. The quantitative estimate of drug-likeness (QED) is 0.402. The molecule has 1 heterocycles. The number of allylic oxidation sites excluding steroid dienone is 2. The van der Waals surface area contributed by atoms with Gasteiger partial charge in [0.1, 0.15) is 6.10 Å². The molecule has 0 radical (unpaired) electrons. The first-order valence-corrected chi connectivity index (χ1v) is 9.87. The minimum atomic E-state index is -0.552. The molecule has 1 aliphatic heterocycles. The highest BCUT2D eigenvalue weighted by Crippen LogP contribution is 2.65. The van der Waals surface area contributed by atoms with Crippen LogP contribution in [0.15, 0.2) is 23.8 Å². The van der Waals surface area contributed by atoms with Gasteiger partial charge in [0.15, 0.2) is 0 Å². The average Bonchev–Trinajstić information content (AvgIpc) is 2.83. The van der Waals surface area contributed by atoms with Crippen LogP contribution < -0.4 is 0 Å². The molecule has 3 aliphatic rings. The smallest absolute Gasteiger partial charge is 0.334 e. The van der Waals surface area contributed by atoms with Gasteiger partial charge in [-0.05, 0) is 43.9 Å². The van der Waals surface area contributed by atoms with Gasteiger partial charge in [0.25, 0.3) is 0 Å². The predicted molar refractivity (Wildman–Crippen MR) is 101 cm³/mol. The lowest BCUT2D eigenvalue weighted by Crippen LogP contribution is -2.58. The highest BCUT2D eigenvalue weighted by Gasteiger charge is 2.68. The Bertz CT molecular complexity index is 669. The van der Waals surface area contributed by atoms with Crippen LogP contribution in [0, 0.1) is 22.7 Å². The molecule has 2 aliphatic carbocycles. The zero-order valence-electron chi connectivity index (χ0n) is 16.1. The third-order valence-electron chi connectivity index (χ3n) is 7.12. The van der Waals surface area contributed by atoms with E-state index in [1.54, 1.807) is 0 Å². The van der Waals surface area contributed by atoms with Gasteiger partial charge in [0, 0.05) is 22.8 Å². The maximum absolute atomic E-state index is 12.7. The second-order valence-corrected chi connectivity index (χ2v) is 9.21. The van der Waals surface area contributed by atoms with Gasteiger partial charge in [-0.2, -0.15) is 0 Å². The van der Waals surface area contributed by atoms with Crippen molar-refractivity contribution in [1.29, 1.82) is 0 Å². The molecular formula is C21H29ClO4. The largest absolute Gasteiger partial charge is 0.466 e. The van der Waals surface area contributed by atoms with Crippen LogP contribution in [-0.4, -0.2) is 30.5 Å². The number of methoxy groups -OCH3 is 1. The Morgan fingerprint density at radius 3 is 2.77 bits per heavy atom. The van der Waals surface area contributed by atoms with Crippen LogP contribution in [0.5, 0.6) is 0 Å². The van der Waals surface area contributed by atoms with E-state index in [2.05, 4.69) is 20.4 Å². The first-order valence-electron chi connectivity index (χ1n) is 9.43. The Morgan fingerprint density at radius 1 is 1.46 bits per heavy atom. The molecule has 0 unspecified atom stereocenters. The van der Waals surface area contributed by atoms with Gasteiger partial charge in [-0.1, -0.05) is 25.5 Å². The molecule has 144 valence electrons. The number of halogens is 1. The summed E-state index contributed by atoms with van der Waals surface area (Å²) in [4.78, 5) is 24.9. The molecule has 26 heavy (non-hydrogen) atoms. The maximum atomic E-state index is 12.7. The van der Waals surface area contributed by atoms with Crippen molar-refractivity contribution in [3.05, 3.63) is 23.8 Å². The first kappa shape index (κ1) is 19.5. The number of carbonyl (C=O) groups is 2. The molecule has 4 nitrogen and oxygen atoms in total. The van der Waals surface area contributed by atoms with E-state index in [0.29, 0.717) is 12.0 Å². The van der Waals surface area contributed by atoms with Gasteiger partial charge >= 0.3 is 11.9 Å². The number of hydrogen-bond donors (Lipinski definition) is 0. The zero-order chi connectivity index (χ0) is 19.3. The monoisotopic (exact) mass is 380 g/mol. The molecule has 2 fully saturated rings. The molecule has 1 saturated heterocycles. The van der Waals surface area contributed by atoms with Gasteiger partial charge in [0.2, 0.25) is 0 Å². The van der Waals surface area contributed by atoms with E-state index in [0.717, 1.165) is 25.7 Å². The molecule has 3 rings (SSSR count). The molecule has 0 spiro atoms. The van der Waals surface area contributed by atoms with Crippen molar-refractivity contribution in [2.45, 2.75) is 64.4 Å². The number of esters is 2. The summed E-state index contributed by atoms with van der Waals surface area (Å²) in [5.41, 5.74) is 1.09. The highest BCUT2D eigenvalue weighted by atomic mass is 35.5.